The van der Waals surface area contributed by atoms with Gasteiger partial charge in [0.05, 0.1) is 18.6 Å². The van der Waals surface area contributed by atoms with Gasteiger partial charge in [-0.25, -0.2) is 0 Å². The second-order valence-corrected chi connectivity index (χ2v) is 12.4. The van der Waals surface area contributed by atoms with E-state index in [9.17, 15) is 19.2 Å². The van der Waals surface area contributed by atoms with Crippen LogP contribution in [0.1, 0.15) is 70.4 Å². The van der Waals surface area contributed by atoms with Crippen molar-refractivity contribution < 1.29 is 23.9 Å². The molecule has 3 rings (SSSR count). The first-order valence-electron chi connectivity index (χ1n) is 16.3. The molecular weight excluding hydrogens is 568 g/mol. The van der Waals surface area contributed by atoms with E-state index < -0.39 is 17.9 Å². The Kier molecular flexibility index (Phi) is 14.8. The molecule has 0 bridgehead atoms. The molecule has 4 N–H and O–H groups in total. The van der Waals surface area contributed by atoms with Crippen LogP contribution in [0.15, 0.2) is 65.7 Å². The van der Waals surface area contributed by atoms with Gasteiger partial charge >= 0.3 is 5.97 Å². The van der Waals surface area contributed by atoms with Gasteiger partial charge in [-0.05, 0) is 62.5 Å². The van der Waals surface area contributed by atoms with E-state index in [4.69, 9.17) is 10.5 Å². The van der Waals surface area contributed by atoms with Crippen LogP contribution in [-0.4, -0.2) is 55.1 Å². The molecule has 1 heterocycles. The van der Waals surface area contributed by atoms with Crippen LogP contribution in [0.4, 0.5) is 0 Å². The van der Waals surface area contributed by atoms with E-state index in [-0.39, 0.29) is 42.0 Å². The van der Waals surface area contributed by atoms with Crippen molar-refractivity contribution in [3.8, 4) is 0 Å². The predicted molar refractivity (Wildman–Crippen MR) is 176 cm³/mol. The molecule has 2 aromatic carbocycles. The summed E-state index contributed by atoms with van der Waals surface area (Å²) in [5.74, 6) is -1.36. The van der Waals surface area contributed by atoms with Crippen molar-refractivity contribution in [1.82, 2.24) is 10.6 Å². The molecule has 0 aliphatic carbocycles. The van der Waals surface area contributed by atoms with Crippen LogP contribution < -0.4 is 16.4 Å². The van der Waals surface area contributed by atoms with Crippen molar-refractivity contribution in [3.63, 3.8) is 0 Å². The summed E-state index contributed by atoms with van der Waals surface area (Å²) in [6, 6.07) is 18.5. The number of esters is 1. The van der Waals surface area contributed by atoms with Crippen LogP contribution in [-0.2, 0) is 36.8 Å². The zero-order valence-corrected chi connectivity index (χ0v) is 27.0. The Bertz CT molecular complexity index is 1250. The Morgan fingerprint density at radius 2 is 1.64 bits per heavy atom. The molecule has 244 valence electrons. The Labute approximate surface area is 267 Å². The van der Waals surface area contributed by atoms with Gasteiger partial charge < -0.3 is 25.9 Å². The van der Waals surface area contributed by atoms with Gasteiger partial charge in [-0.1, -0.05) is 80.9 Å². The number of amides is 1. The average Bonchev–Trinajstić information content (AvgIpc) is 3.02. The van der Waals surface area contributed by atoms with Gasteiger partial charge in [-0.2, -0.15) is 0 Å². The number of rotatable bonds is 19. The molecule has 0 aromatic heterocycles. The fourth-order valence-electron chi connectivity index (χ4n) is 6.11. The predicted octanol–water partition coefficient (Wildman–Crippen LogP) is 4.42. The highest BCUT2D eigenvalue weighted by atomic mass is 16.5. The molecule has 1 aliphatic heterocycles. The summed E-state index contributed by atoms with van der Waals surface area (Å²) in [7, 11) is 0. The lowest BCUT2D eigenvalue weighted by atomic mass is 9.80. The zero-order valence-electron chi connectivity index (χ0n) is 27.0. The first kappa shape index (κ1) is 35.5. The van der Waals surface area contributed by atoms with E-state index in [2.05, 4.69) is 15.6 Å². The molecular formula is C36H50N4O5. The molecule has 1 aliphatic rings. The molecule has 5 atom stereocenters. The molecule has 2 aromatic rings. The lowest BCUT2D eigenvalue weighted by Crippen LogP contribution is -2.50. The van der Waals surface area contributed by atoms with E-state index in [1.54, 1.807) is 6.92 Å². The number of guanidine groups is 1. The molecule has 0 spiro atoms. The minimum atomic E-state index is -0.680. The van der Waals surface area contributed by atoms with Crippen LogP contribution in [0.25, 0.3) is 0 Å². The van der Waals surface area contributed by atoms with Crippen molar-refractivity contribution in [2.75, 3.05) is 13.2 Å². The monoisotopic (exact) mass is 618 g/mol. The third-order valence-corrected chi connectivity index (χ3v) is 8.33. The number of carbonyl (C=O) groups is 4. The van der Waals surface area contributed by atoms with E-state index in [1.807, 2.05) is 74.5 Å². The van der Waals surface area contributed by atoms with Crippen molar-refractivity contribution in [2.45, 2.75) is 84.2 Å². The van der Waals surface area contributed by atoms with Crippen LogP contribution in [0, 0.1) is 23.7 Å². The van der Waals surface area contributed by atoms with E-state index in [1.165, 1.54) is 0 Å². The molecule has 0 saturated carbocycles. The van der Waals surface area contributed by atoms with Gasteiger partial charge in [0.15, 0.2) is 5.96 Å². The number of nitrogens with one attached hydrogen (secondary N) is 2. The summed E-state index contributed by atoms with van der Waals surface area (Å²) in [6.07, 6.45) is 4.68. The minimum Gasteiger partial charge on any atom is -0.466 e. The number of Topliss-reactive ketones (excluding diaryl/α,β-unsaturated/α-hetero) is 1. The first-order valence-corrected chi connectivity index (χ1v) is 16.3. The lowest BCUT2D eigenvalue weighted by molar-refractivity contribution is -0.148. The Morgan fingerprint density at radius 1 is 1.00 bits per heavy atom. The van der Waals surface area contributed by atoms with Crippen molar-refractivity contribution in [2.24, 2.45) is 34.4 Å². The van der Waals surface area contributed by atoms with Gasteiger partial charge in [0.1, 0.15) is 12.1 Å². The molecule has 45 heavy (non-hydrogen) atoms. The number of hydrogen-bond donors (Lipinski definition) is 3. The number of ether oxygens (including phenoxy) is 1. The normalized spacial score (nSPS) is 17.2. The largest absolute Gasteiger partial charge is 0.466 e. The van der Waals surface area contributed by atoms with Gasteiger partial charge in [-0.3, -0.25) is 19.4 Å². The number of nitrogens with two attached hydrogens (primary N) is 1. The molecule has 9 nitrogen and oxygen atoms in total. The summed E-state index contributed by atoms with van der Waals surface area (Å²) < 4.78 is 5.39. The zero-order chi connectivity index (χ0) is 32.6. The molecule has 9 heteroatoms. The number of aldehydes is 1. The molecule has 0 fully saturated rings. The number of carbonyl (C=O) groups excluding carboxylic acids is 4. The number of aliphatic imine (C=N–C) groups is 1. The maximum atomic E-state index is 14.0. The van der Waals surface area contributed by atoms with Crippen LogP contribution in [0.5, 0.6) is 0 Å². The van der Waals surface area contributed by atoms with Crippen LogP contribution in [0.3, 0.4) is 0 Å². The van der Waals surface area contributed by atoms with E-state index in [0.29, 0.717) is 64.1 Å². The summed E-state index contributed by atoms with van der Waals surface area (Å²) in [4.78, 5) is 56.5. The molecule has 5 unspecified atom stereocenters. The topological polar surface area (TPSA) is 140 Å². The fourth-order valence-corrected chi connectivity index (χ4v) is 6.11. The smallest absolute Gasteiger partial charge is 0.309 e. The highest BCUT2D eigenvalue weighted by molar-refractivity contribution is 5.90. The van der Waals surface area contributed by atoms with Gasteiger partial charge in [-0.15, -0.1) is 0 Å². The second-order valence-electron chi connectivity index (χ2n) is 12.4. The second kappa shape index (κ2) is 18.7. The van der Waals surface area contributed by atoms with Gasteiger partial charge in [0.2, 0.25) is 5.91 Å². The standard InChI is InChI=1S/C36H50N4O5/c1-4-45-35(44)28(21-26-12-7-5-8-13-26)16-11-17-31(32-18-19-38-36(37)40-32)33(42)23-29(20-25(2)3)34(43)39-30(24-41)22-27-14-9-6-10-15-27/h5-10,12-15,24-25,28-32H,4,11,16-23H2,1-3H3,(H,39,43)(H3,37,38,40). The number of ketones is 1. The maximum Gasteiger partial charge on any atom is 0.309 e. The van der Waals surface area contributed by atoms with E-state index in [0.717, 1.165) is 17.4 Å². The molecule has 0 radical (unpaired) electrons. The SMILES string of the molecule is CCOC(=O)C(CCCC(C(=O)CC(CC(C)C)C(=O)NC(C=O)Cc1ccccc1)C1CCN=C(N)N1)Cc1ccccc1. The van der Waals surface area contributed by atoms with Gasteiger partial charge in [0.25, 0.3) is 0 Å². The molecule has 0 saturated heterocycles. The van der Waals surface area contributed by atoms with Crippen molar-refractivity contribution in [3.05, 3.63) is 71.8 Å². The Morgan fingerprint density at radius 3 is 2.22 bits per heavy atom. The summed E-state index contributed by atoms with van der Waals surface area (Å²) in [6.45, 7) is 6.67. The third kappa shape index (κ3) is 12.1. The Balaban J connectivity index is 1.72. The highest BCUT2D eigenvalue weighted by Crippen LogP contribution is 2.27. The average molecular weight is 619 g/mol. The summed E-state index contributed by atoms with van der Waals surface area (Å²) >= 11 is 0. The quantitative estimate of drug-likeness (QED) is 0.156. The van der Waals surface area contributed by atoms with E-state index >= 15 is 0 Å². The lowest BCUT2D eigenvalue weighted by Gasteiger charge is -2.31. The summed E-state index contributed by atoms with van der Waals surface area (Å²) in [5, 5.41) is 6.09. The number of nitrogens with zero attached hydrogens (tertiary/aromatic N) is 1. The van der Waals surface area contributed by atoms with Crippen molar-refractivity contribution in [1.29, 1.82) is 0 Å². The maximum absolute atomic E-state index is 14.0. The van der Waals surface area contributed by atoms with Gasteiger partial charge in [0, 0.05) is 30.8 Å². The minimum absolute atomic E-state index is 0.0237. The van der Waals surface area contributed by atoms with Crippen LogP contribution in [0.2, 0.25) is 0 Å². The Hall–Kier alpha value is -4.01. The highest BCUT2D eigenvalue weighted by Gasteiger charge is 2.34. The fraction of sp³-hybridized carbons (Fsp3) is 0.528. The van der Waals surface area contributed by atoms with Crippen LogP contribution >= 0.6 is 0 Å². The number of benzene rings is 2. The first-order chi connectivity index (χ1) is 21.7. The third-order valence-electron chi connectivity index (χ3n) is 8.33. The van der Waals surface area contributed by atoms with Crippen molar-refractivity contribution >= 4 is 29.9 Å². The molecule has 1 amide bonds. The number of hydrogen-bond acceptors (Lipinski definition) is 8. The summed E-state index contributed by atoms with van der Waals surface area (Å²) in [5.41, 5.74) is 8.02.